The Bertz CT molecular complexity index is 1100. The van der Waals surface area contributed by atoms with Crippen molar-refractivity contribution in [3.63, 3.8) is 0 Å². The number of nitrogens with one attached hydrogen (secondary N) is 1. The fourth-order valence-electron chi connectivity index (χ4n) is 4.83. The maximum absolute atomic E-state index is 13.2. The van der Waals surface area contributed by atoms with Crippen LogP contribution in [0, 0.1) is 12.8 Å². The van der Waals surface area contributed by atoms with Crippen LogP contribution in [-0.2, 0) is 21.4 Å². The second-order valence-corrected chi connectivity index (χ2v) is 11.2. The Kier molecular flexibility index (Phi) is 7.91. The highest BCUT2D eigenvalue weighted by Crippen LogP contribution is 2.31. The van der Waals surface area contributed by atoms with E-state index < -0.39 is 10.0 Å². The van der Waals surface area contributed by atoms with Crippen LogP contribution in [-0.4, -0.2) is 56.8 Å². The van der Waals surface area contributed by atoms with Crippen molar-refractivity contribution in [3.05, 3.63) is 53.6 Å². The van der Waals surface area contributed by atoms with Crippen molar-refractivity contribution in [2.45, 2.75) is 50.5 Å². The summed E-state index contributed by atoms with van der Waals surface area (Å²) >= 11 is 0. The summed E-state index contributed by atoms with van der Waals surface area (Å²) in [6.45, 7) is 5.79. The van der Waals surface area contributed by atoms with Crippen molar-refractivity contribution in [1.82, 2.24) is 9.21 Å². The molecule has 1 amide bonds. The van der Waals surface area contributed by atoms with E-state index in [0.29, 0.717) is 24.5 Å². The monoisotopic (exact) mass is 485 g/mol. The zero-order valence-corrected chi connectivity index (χ0v) is 20.9. The van der Waals surface area contributed by atoms with Crippen LogP contribution in [0.15, 0.2) is 47.4 Å². The van der Waals surface area contributed by atoms with Gasteiger partial charge in [0.05, 0.1) is 7.11 Å². The highest BCUT2D eigenvalue weighted by atomic mass is 32.2. The summed E-state index contributed by atoms with van der Waals surface area (Å²) in [7, 11) is -2.21. The SMILES string of the molecule is COc1ccc(NC(=O)C2CCN(Cc3ccccc3C)CC2)cc1S(=O)(=O)N1CCCCC1. The van der Waals surface area contributed by atoms with Crippen LogP contribution in [0.5, 0.6) is 5.75 Å². The van der Waals surface area contributed by atoms with Gasteiger partial charge in [-0.05, 0) is 75.0 Å². The number of nitrogens with zero attached hydrogens (tertiary/aromatic N) is 2. The molecule has 8 heteroatoms. The molecular formula is C26H35N3O4S. The summed E-state index contributed by atoms with van der Waals surface area (Å²) in [5.41, 5.74) is 3.10. The Balaban J connectivity index is 1.39. The number of carbonyl (C=O) groups is 1. The van der Waals surface area contributed by atoms with Crippen LogP contribution in [0.1, 0.15) is 43.2 Å². The van der Waals surface area contributed by atoms with Crippen LogP contribution >= 0.6 is 0 Å². The smallest absolute Gasteiger partial charge is 0.246 e. The van der Waals surface area contributed by atoms with Crippen molar-refractivity contribution in [3.8, 4) is 5.75 Å². The van der Waals surface area contributed by atoms with Crippen LogP contribution < -0.4 is 10.1 Å². The summed E-state index contributed by atoms with van der Waals surface area (Å²) in [6.07, 6.45) is 4.34. The minimum absolute atomic E-state index is 0.0537. The highest BCUT2D eigenvalue weighted by Gasteiger charge is 2.30. The predicted octanol–water partition coefficient (Wildman–Crippen LogP) is 4.03. The summed E-state index contributed by atoms with van der Waals surface area (Å²) in [5.74, 6) is 0.160. The molecular weight excluding hydrogens is 450 g/mol. The van der Waals surface area contributed by atoms with Crippen LogP contribution in [0.4, 0.5) is 5.69 Å². The van der Waals surface area contributed by atoms with Gasteiger partial charge >= 0.3 is 0 Å². The minimum Gasteiger partial charge on any atom is -0.495 e. The first kappa shape index (κ1) is 24.7. The summed E-state index contributed by atoms with van der Waals surface area (Å²) in [5, 5.41) is 2.96. The molecule has 0 atom stereocenters. The standard InChI is InChI=1S/C26H35N3O4S/c1-20-8-4-5-9-22(20)19-28-16-12-21(13-17-28)26(30)27-23-10-11-24(33-2)25(18-23)34(31,32)29-14-6-3-7-15-29/h4-5,8-11,18,21H,3,6-7,12-17,19H2,1-2H3,(H,27,30). The van der Waals surface area contributed by atoms with Gasteiger partial charge < -0.3 is 10.1 Å². The van der Waals surface area contributed by atoms with E-state index in [4.69, 9.17) is 4.74 Å². The number of likely N-dealkylation sites (tertiary alicyclic amines) is 1. The van der Waals surface area contributed by atoms with E-state index in [9.17, 15) is 13.2 Å². The summed E-state index contributed by atoms with van der Waals surface area (Å²) in [6, 6.07) is 13.3. The maximum Gasteiger partial charge on any atom is 0.246 e. The average molecular weight is 486 g/mol. The van der Waals surface area contributed by atoms with E-state index in [-0.39, 0.29) is 16.7 Å². The van der Waals surface area contributed by atoms with E-state index in [1.807, 2.05) is 0 Å². The number of sulfonamides is 1. The van der Waals surface area contributed by atoms with Crippen molar-refractivity contribution in [2.24, 2.45) is 5.92 Å². The fourth-order valence-corrected chi connectivity index (χ4v) is 6.52. The number of hydrogen-bond acceptors (Lipinski definition) is 5. The number of benzene rings is 2. The zero-order chi connectivity index (χ0) is 24.1. The average Bonchev–Trinajstić information content (AvgIpc) is 2.86. The van der Waals surface area contributed by atoms with Crippen molar-refractivity contribution in [1.29, 1.82) is 0 Å². The first-order valence-corrected chi connectivity index (χ1v) is 13.6. The van der Waals surface area contributed by atoms with Gasteiger partial charge in [0.15, 0.2) is 0 Å². The molecule has 2 saturated heterocycles. The number of ether oxygens (including phenoxy) is 1. The summed E-state index contributed by atoms with van der Waals surface area (Å²) in [4.78, 5) is 15.5. The number of methoxy groups -OCH3 is 1. The lowest BCUT2D eigenvalue weighted by Gasteiger charge is -2.31. The number of rotatable bonds is 7. The molecule has 34 heavy (non-hydrogen) atoms. The maximum atomic E-state index is 13.2. The van der Waals surface area contributed by atoms with Crippen molar-refractivity contribution in [2.75, 3.05) is 38.6 Å². The third-order valence-corrected chi connectivity index (χ3v) is 8.90. The molecule has 0 radical (unpaired) electrons. The quantitative estimate of drug-likeness (QED) is 0.641. The molecule has 4 rings (SSSR count). The first-order valence-electron chi connectivity index (χ1n) is 12.1. The molecule has 2 fully saturated rings. The van der Waals surface area contributed by atoms with Gasteiger partial charge in [-0.3, -0.25) is 9.69 Å². The normalized spacial score (nSPS) is 18.5. The number of anilines is 1. The molecule has 0 aliphatic carbocycles. The molecule has 184 valence electrons. The molecule has 2 aliphatic heterocycles. The minimum atomic E-state index is -3.68. The predicted molar refractivity (Wildman–Crippen MR) is 133 cm³/mol. The number of carbonyl (C=O) groups excluding carboxylic acids is 1. The van der Waals surface area contributed by atoms with Gasteiger partial charge in [0.2, 0.25) is 15.9 Å². The van der Waals surface area contributed by atoms with Gasteiger partial charge in [-0.15, -0.1) is 0 Å². The third-order valence-electron chi connectivity index (χ3n) is 6.98. The number of amides is 1. The molecule has 0 spiro atoms. The van der Waals surface area contributed by atoms with E-state index in [2.05, 4.69) is 41.4 Å². The molecule has 2 heterocycles. The largest absolute Gasteiger partial charge is 0.495 e. The zero-order valence-electron chi connectivity index (χ0n) is 20.1. The van der Waals surface area contributed by atoms with Gasteiger partial charge in [0.25, 0.3) is 0 Å². The molecule has 2 aromatic carbocycles. The second kappa shape index (κ2) is 10.9. The van der Waals surface area contributed by atoms with E-state index in [0.717, 1.165) is 51.7 Å². The van der Waals surface area contributed by atoms with E-state index >= 15 is 0 Å². The molecule has 7 nitrogen and oxygen atoms in total. The van der Waals surface area contributed by atoms with E-state index in [1.165, 1.54) is 28.6 Å². The molecule has 2 aromatic rings. The fraction of sp³-hybridized carbons (Fsp3) is 0.500. The molecule has 1 N–H and O–H groups in total. The molecule has 0 aromatic heterocycles. The van der Waals surface area contributed by atoms with Crippen LogP contribution in [0.2, 0.25) is 0 Å². The molecule has 0 saturated carbocycles. The summed E-state index contributed by atoms with van der Waals surface area (Å²) < 4.78 is 33.4. The molecule has 2 aliphatic rings. The van der Waals surface area contributed by atoms with Gasteiger partial charge in [0.1, 0.15) is 10.6 Å². The van der Waals surface area contributed by atoms with Gasteiger partial charge in [-0.25, -0.2) is 8.42 Å². The van der Waals surface area contributed by atoms with E-state index in [1.54, 1.807) is 12.1 Å². The lowest BCUT2D eigenvalue weighted by molar-refractivity contribution is -0.121. The Morgan fingerprint density at radius 2 is 1.74 bits per heavy atom. The number of hydrogen-bond donors (Lipinski definition) is 1. The number of aryl methyl sites for hydroxylation is 1. The van der Waals surface area contributed by atoms with Gasteiger partial charge in [0, 0.05) is 31.2 Å². The first-order chi connectivity index (χ1) is 16.4. The van der Waals surface area contributed by atoms with Crippen LogP contribution in [0.25, 0.3) is 0 Å². The lowest BCUT2D eigenvalue weighted by Crippen LogP contribution is -2.38. The highest BCUT2D eigenvalue weighted by molar-refractivity contribution is 7.89. The van der Waals surface area contributed by atoms with Crippen molar-refractivity contribution >= 4 is 21.6 Å². The Morgan fingerprint density at radius 3 is 2.41 bits per heavy atom. The van der Waals surface area contributed by atoms with Crippen LogP contribution in [0.3, 0.4) is 0 Å². The topological polar surface area (TPSA) is 79.0 Å². The Morgan fingerprint density at radius 1 is 1.03 bits per heavy atom. The Labute approximate surface area is 203 Å². The lowest BCUT2D eigenvalue weighted by atomic mass is 9.95. The van der Waals surface area contributed by atoms with Crippen molar-refractivity contribution < 1.29 is 17.9 Å². The molecule has 0 bridgehead atoms. The number of piperidine rings is 2. The van der Waals surface area contributed by atoms with Gasteiger partial charge in [-0.1, -0.05) is 30.7 Å². The van der Waals surface area contributed by atoms with Gasteiger partial charge in [-0.2, -0.15) is 4.31 Å². The Hall–Kier alpha value is -2.42. The second-order valence-electron chi connectivity index (χ2n) is 9.30. The third kappa shape index (κ3) is 5.62. The molecule has 0 unspecified atom stereocenters.